The summed E-state index contributed by atoms with van der Waals surface area (Å²) in [6.07, 6.45) is 0. The Labute approximate surface area is 320 Å². The van der Waals surface area contributed by atoms with Gasteiger partial charge in [0, 0.05) is 58.4 Å². The van der Waals surface area contributed by atoms with Crippen molar-refractivity contribution in [1.29, 1.82) is 0 Å². The largest absolute Gasteiger partial charge is 0.310 e. The summed E-state index contributed by atoms with van der Waals surface area (Å²) in [6, 6.07) is 32.7. The molecule has 7 aromatic rings. The van der Waals surface area contributed by atoms with Gasteiger partial charge in [-0.15, -0.1) is 0 Å². The molecule has 0 saturated carbocycles. The lowest BCUT2D eigenvalue weighted by Gasteiger charge is -2.45. The summed E-state index contributed by atoms with van der Waals surface area (Å²) in [5, 5.41) is 0. The van der Waals surface area contributed by atoms with E-state index in [-0.39, 0.29) is 0 Å². The van der Waals surface area contributed by atoms with E-state index in [0.29, 0.717) is 69.1 Å². The van der Waals surface area contributed by atoms with Crippen molar-refractivity contribution in [2.45, 2.75) is 27.7 Å². The highest BCUT2D eigenvalue weighted by molar-refractivity contribution is 7.00. The van der Waals surface area contributed by atoms with E-state index < -0.39 is 53.0 Å². The number of aryl methyl sites for hydroxylation is 4. The Bertz CT molecular complexity index is 2540. The summed E-state index contributed by atoms with van der Waals surface area (Å²) in [4.78, 5) is 4.86. The number of rotatable bonds is 5. The number of para-hydroxylation sites is 2. The molecule has 0 saturated heterocycles. The Morgan fingerprint density at radius 2 is 0.839 bits per heavy atom. The molecule has 0 radical (unpaired) electrons. The second-order valence-electron chi connectivity index (χ2n) is 14.5. The van der Waals surface area contributed by atoms with Crippen LogP contribution >= 0.6 is 0 Å². The predicted octanol–water partition coefficient (Wildman–Crippen LogP) is 11.3. The normalized spacial score (nSPS) is 12.7. The number of nitrogens with zero attached hydrogens (tertiary/aromatic N) is 3. The molecule has 0 bridgehead atoms. The molecule has 0 aromatic heterocycles. The third-order valence-corrected chi connectivity index (χ3v) is 10.7. The highest BCUT2D eigenvalue weighted by Crippen LogP contribution is 2.50. The van der Waals surface area contributed by atoms with E-state index in [9.17, 15) is 8.78 Å². The molecule has 0 aliphatic carbocycles. The number of hydrogen-bond acceptors (Lipinski definition) is 3. The van der Waals surface area contributed by atoms with Crippen molar-refractivity contribution >= 4 is 74.3 Å². The van der Waals surface area contributed by atoms with Crippen molar-refractivity contribution in [2.75, 3.05) is 14.7 Å². The van der Waals surface area contributed by atoms with Crippen LogP contribution in [0.25, 0.3) is 0 Å². The molecule has 0 N–H and O–H groups in total. The molecular weight excluding hydrogens is 719 g/mol. The van der Waals surface area contributed by atoms with E-state index in [0.717, 1.165) is 33.6 Å². The van der Waals surface area contributed by atoms with Gasteiger partial charge in [-0.1, -0.05) is 71.8 Å². The van der Waals surface area contributed by atoms with Crippen LogP contribution in [0.15, 0.2) is 121 Å². The molecule has 56 heavy (non-hydrogen) atoms. The number of fused-ring (bicyclic) bond motifs is 4. The molecule has 0 spiro atoms. The minimum Gasteiger partial charge on any atom is -0.310 e. The zero-order valence-electron chi connectivity index (χ0n) is 30.7. The van der Waals surface area contributed by atoms with Gasteiger partial charge in [0.1, 0.15) is 23.0 Å². The second kappa shape index (κ2) is 13.1. The quantitative estimate of drug-likeness (QED) is 0.128. The maximum atomic E-state index is 16.3. The smallest absolute Gasteiger partial charge is 0.252 e. The average Bonchev–Trinajstić information content (AvgIpc) is 3.14. The van der Waals surface area contributed by atoms with Gasteiger partial charge in [-0.3, -0.25) is 0 Å². The summed E-state index contributed by atoms with van der Waals surface area (Å²) in [6.45, 7) is 7.14. The lowest BCUT2D eigenvalue weighted by atomic mass is 9.33. The van der Waals surface area contributed by atoms with E-state index in [2.05, 4.69) is 0 Å². The molecule has 7 aromatic carbocycles. The lowest BCUT2D eigenvalue weighted by Crippen LogP contribution is -2.61. The molecular formula is C46H32BF6N3. The van der Waals surface area contributed by atoms with Crippen LogP contribution in [0.5, 0.6) is 0 Å². The SMILES string of the molecule is Cc1ccc2c(c1)B1c3cc(C)ccc3N(c3c(F)cc(F)cc3F)c3cc(N(c4ccccc4C)c4ccccc4C)cc(c31)N2c1c(F)cc(F)cc1F. The van der Waals surface area contributed by atoms with Gasteiger partial charge in [-0.2, -0.15) is 0 Å². The third-order valence-electron chi connectivity index (χ3n) is 10.7. The first kappa shape index (κ1) is 35.3. The van der Waals surface area contributed by atoms with Crippen LogP contribution in [0.3, 0.4) is 0 Å². The molecule has 9 rings (SSSR count). The monoisotopic (exact) mass is 751 g/mol. The van der Waals surface area contributed by atoms with Gasteiger partial charge in [0.2, 0.25) is 0 Å². The Hall–Kier alpha value is -6.42. The summed E-state index contributed by atoms with van der Waals surface area (Å²) in [5.41, 5.74) is 7.88. The van der Waals surface area contributed by atoms with Gasteiger partial charge >= 0.3 is 0 Å². The van der Waals surface area contributed by atoms with E-state index in [4.69, 9.17) is 0 Å². The fourth-order valence-corrected chi connectivity index (χ4v) is 8.37. The van der Waals surface area contributed by atoms with E-state index in [1.807, 2.05) is 118 Å². The van der Waals surface area contributed by atoms with Crippen LogP contribution < -0.4 is 31.1 Å². The Balaban J connectivity index is 1.48. The van der Waals surface area contributed by atoms with E-state index >= 15 is 17.6 Å². The second-order valence-corrected chi connectivity index (χ2v) is 14.5. The lowest BCUT2D eigenvalue weighted by molar-refractivity contribution is 0.545. The molecule has 276 valence electrons. The maximum Gasteiger partial charge on any atom is 0.252 e. The van der Waals surface area contributed by atoms with Gasteiger partial charge in [-0.25, -0.2) is 26.3 Å². The molecule has 0 unspecified atom stereocenters. The average molecular weight is 752 g/mol. The van der Waals surface area contributed by atoms with Gasteiger partial charge in [0.15, 0.2) is 23.3 Å². The Morgan fingerprint density at radius 3 is 1.23 bits per heavy atom. The molecule has 2 aliphatic rings. The Morgan fingerprint density at radius 1 is 0.446 bits per heavy atom. The molecule has 2 aliphatic heterocycles. The molecule has 10 heteroatoms. The fourth-order valence-electron chi connectivity index (χ4n) is 8.37. The van der Waals surface area contributed by atoms with Gasteiger partial charge in [0.25, 0.3) is 6.71 Å². The molecule has 0 fully saturated rings. The zero-order chi connectivity index (χ0) is 39.2. The van der Waals surface area contributed by atoms with Crippen molar-refractivity contribution in [3.63, 3.8) is 0 Å². The number of anilines is 9. The summed E-state index contributed by atoms with van der Waals surface area (Å²) >= 11 is 0. The topological polar surface area (TPSA) is 9.72 Å². The molecule has 0 amide bonds. The Kier molecular flexibility index (Phi) is 8.27. The minimum absolute atomic E-state index is 0.301. The maximum absolute atomic E-state index is 16.3. The van der Waals surface area contributed by atoms with Crippen LogP contribution in [0.1, 0.15) is 22.3 Å². The van der Waals surface area contributed by atoms with Gasteiger partial charge in [0.05, 0.1) is 5.69 Å². The first-order valence-electron chi connectivity index (χ1n) is 18.1. The van der Waals surface area contributed by atoms with Crippen LogP contribution in [-0.4, -0.2) is 6.71 Å². The van der Waals surface area contributed by atoms with Crippen molar-refractivity contribution in [2.24, 2.45) is 0 Å². The fraction of sp³-hybridized carbons (Fsp3) is 0.0870. The summed E-state index contributed by atoms with van der Waals surface area (Å²) < 4.78 is 94.1. The third kappa shape index (κ3) is 5.46. The number of hydrogen-bond donors (Lipinski definition) is 0. The highest BCUT2D eigenvalue weighted by Gasteiger charge is 2.46. The van der Waals surface area contributed by atoms with Crippen molar-refractivity contribution < 1.29 is 26.3 Å². The van der Waals surface area contributed by atoms with Crippen LogP contribution in [-0.2, 0) is 0 Å². The molecule has 3 nitrogen and oxygen atoms in total. The summed E-state index contributed by atoms with van der Waals surface area (Å²) in [7, 11) is 0. The van der Waals surface area contributed by atoms with Crippen LogP contribution in [0, 0.1) is 62.6 Å². The first-order chi connectivity index (χ1) is 26.9. The predicted molar refractivity (Wildman–Crippen MR) is 214 cm³/mol. The minimum atomic E-state index is -1.14. The summed E-state index contributed by atoms with van der Waals surface area (Å²) in [5.74, 6) is -6.72. The first-order valence-corrected chi connectivity index (χ1v) is 18.1. The standard InChI is InChI=1S/C46H32BF6N3/c1-25-13-15-40-32(17-25)47-33-18-26(2)14-16-41(33)56(46-36(52)21-30(49)22-37(46)53)43-24-31(23-42(44(43)47)55(40)45-34(50)19-29(48)20-35(45)51)54(38-11-7-5-9-27(38)3)39-12-8-6-10-28(39)4/h5-24H,1-4H3. The van der Waals surface area contributed by atoms with Gasteiger partial charge in [-0.05, 0) is 91.6 Å². The molecule has 0 atom stereocenters. The van der Waals surface area contributed by atoms with Crippen molar-refractivity contribution in [3.05, 3.63) is 178 Å². The molecule has 2 heterocycles. The van der Waals surface area contributed by atoms with Crippen molar-refractivity contribution in [1.82, 2.24) is 0 Å². The van der Waals surface area contributed by atoms with Crippen molar-refractivity contribution in [3.8, 4) is 0 Å². The number of halogens is 6. The number of benzene rings is 7. The van der Waals surface area contributed by atoms with Crippen LogP contribution in [0.2, 0.25) is 0 Å². The zero-order valence-corrected chi connectivity index (χ0v) is 30.7. The van der Waals surface area contributed by atoms with Gasteiger partial charge < -0.3 is 14.7 Å². The van der Waals surface area contributed by atoms with E-state index in [1.54, 1.807) is 12.1 Å². The van der Waals surface area contributed by atoms with E-state index in [1.165, 1.54) is 9.80 Å². The highest BCUT2D eigenvalue weighted by atomic mass is 19.2. The van der Waals surface area contributed by atoms with Crippen LogP contribution in [0.4, 0.5) is 77.5 Å².